The van der Waals surface area contributed by atoms with E-state index in [4.69, 9.17) is 4.74 Å². The Hall–Kier alpha value is -1.27. The molecule has 118 valence electrons. The molecule has 2 N–H and O–H groups in total. The van der Waals surface area contributed by atoms with Crippen LogP contribution in [0.5, 0.6) is 0 Å². The summed E-state index contributed by atoms with van der Waals surface area (Å²) in [6, 6.07) is 4.91. The summed E-state index contributed by atoms with van der Waals surface area (Å²) in [7, 11) is 1.73. The lowest BCUT2D eigenvalue weighted by atomic mass is 10.1. The topological polar surface area (TPSA) is 45.6 Å². The van der Waals surface area contributed by atoms with E-state index in [0.717, 1.165) is 16.9 Å². The summed E-state index contributed by atoms with van der Waals surface area (Å²) in [5.41, 5.74) is 2.10. The van der Waals surface area contributed by atoms with Crippen molar-refractivity contribution in [3.8, 4) is 0 Å². The first-order valence-corrected chi connectivity index (χ1v) is 8.39. The van der Waals surface area contributed by atoms with Crippen LogP contribution in [0.1, 0.15) is 18.1 Å². The maximum absolute atomic E-state index is 13.3. The smallest absolute Gasteiger partial charge is 0.191 e. The molecule has 0 saturated carbocycles. The Kier molecular flexibility index (Phi) is 8.85. The van der Waals surface area contributed by atoms with Crippen LogP contribution in [0.4, 0.5) is 4.39 Å². The molecule has 0 amide bonds. The number of nitrogens with zero attached hydrogens (tertiary/aromatic N) is 1. The maximum Gasteiger partial charge on any atom is 0.191 e. The van der Waals surface area contributed by atoms with E-state index in [2.05, 4.69) is 15.6 Å². The van der Waals surface area contributed by atoms with E-state index in [1.54, 1.807) is 24.9 Å². The second-order valence-corrected chi connectivity index (χ2v) is 5.26. The lowest BCUT2D eigenvalue weighted by Gasteiger charge is -2.14. The van der Waals surface area contributed by atoms with Crippen LogP contribution in [0.3, 0.4) is 0 Å². The molecule has 0 atom stereocenters. The molecule has 4 nitrogen and oxygen atoms in total. The molecule has 0 fully saturated rings. The maximum atomic E-state index is 13.3. The number of hydrogen-bond donors (Lipinski definition) is 2. The molecule has 0 aliphatic carbocycles. The van der Waals surface area contributed by atoms with Crippen LogP contribution in [-0.2, 0) is 17.0 Å². The van der Waals surface area contributed by atoms with E-state index in [-0.39, 0.29) is 5.82 Å². The summed E-state index contributed by atoms with van der Waals surface area (Å²) in [6.07, 6.45) is 2.01. The average Bonchev–Trinajstić information content (AvgIpc) is 2.48. The molecule has 0 unspecified atom stereocenters. The highest BCUT2D eigenvalue weighted by atomic mass is 32.2. The van der Waals surface area contributed by atoms with E-state index in [1.807, 2.05) is 19.2 Å². The minimum Gasteiger partial charge on any atom is -0.380 e. The van der Waals surface area contributed by atoms with Gasteiger partial charge in [0.15, 0.2) is 5.96 Å². The third-order valence-corrected chi connectivity index (χ3v) is 3.48. The molecule has 0 aliphatic heterocycles. The van der Waals surface area contributed by atoms with Crippen molar-refractivity contribution in [3.05, 3.63) is 35.1 Å². The quantitative estimate of drug-likeness (QED) is 0.439. The van der Waals surface area contributed by atoms with Crippen LogP contribution in [-0.4, -0.2) is 39.0 Å². The van der Waals surface area contributed by atoms with Crippen molar-refractivity contribution in [1.82, 2.24) is 10.6 Å². The first kappa shape index (κ1) is 17.8. The minimum atomic E-state index is -0.193. The molecule has 1 aromatic rings. The molecule has 0 aromatic heterocycles. The van der Waals surface area contributed by atoms with E-state index in [9.17, 15) is 4.39 Å². The van der Waals surface area contributed by atoms with Crippen LogP contribution in [0, 0.1) is 5.82 Å². The Morgan fingerprint density at radius 2 is 2.14 bits per heavy atom. The molecule has 1 rings (SSSR count). The summed E-state index contributed by atoms with van der Waals surface area (Å²) >= 11 is 1.68. The van der Waals surface area contributed by atoms with Crippen molar-refractivity contribution in [2.75, 3.05) is 33.1 Å². The summed E-state index contributed by atoms with van der Waals surface area (Å²) in [6.45, 7) is 4.64. The first-order valence-electron chi connectivity index (χ1n) is 6.99. The normalized spacial score (nSPS) is 11.5. The summed E-state index contributed by atoms with van der Waals surface area (Å²) < 4.78 is 18.6. The van der Waals surface area contributed by atoms with Crippen molar-refractivity contribution in [2.45, 2.75) is 19.2 Å². The van der Waals surface area contributed by atoms with Gasteiger partial charge in [0.2, 0.25) is 0 Å². The third-order valence-electron chi connectivity index (χ3n) is 2.88. The van der Waals surface area contributed by atoms with Gasteiger partial charge < -0.3 is 15.4 Å². The largest absolute Gasteiger partial charge is 0.380 e. The van der Waals surface area contributed by atoms with Gasteiger partial charge in [0.25, 0.3) is 0 Å². The molecule has 1 aromatic carbocycles. The molecule has 21 heavy (non-hydrogen) atoms. The van der Waals surface area contributed by atoms with Gasteiger partial charge in [0, 0.05) is 32.5 Å². The van der Waals surface area contributed by atoms with Crippen molar-refractivity contribution < 1.29 is 9.13 Å². The van der Waals surface area contributed by atoms with Crippen LogP contribution >= 0.6 is 11.8 Å². The molecule has 0 bridgehead atoms. The van der Waals surface area contributed by atoms with E-state index < -0.39 is 0 Å². The number of aliphatic imine (C=N–C) groups is 1. The Morgan fingerprint density at radius 3 is 2.81 bits per heavy atom. The molecule has 0 heterocycles. The number of thioether (sulfide) groups is 1. The number of rotatable bonds is 8. The highest BCUT2D eigenvalue weighted by molar-refractivity contribution is 7.97. The zero-order valence-electron chi connectivity index (χ0n) is 12.9. The van der Waals surface area contributed by atoms with E-state index in [1.165, 1.54) is 6.07 Å². The Bertz CT molecular complexity index is 455. The zero-order valence-corrected chi connectivity index (χ0v) is 13.7. The number of hydrogen-bond acceptors (Lipinski definition) is 3. The summed E-state index contributed by atoms with van der Waals surface area (Å²) in [5, 5.41) is 6.40. The zero-order chi connectivity index (χ0) is 15.5. The van der Waals surface area contributed by atoms with Crippen molar-refractivity contribution >= 4 is 17.7 Å². The van der Waals surface area contributed by atoms with Gasteiger partial charge in [-0.3, -0.25) is 4.99 Å². The first-order chi connectivity index (χ1) is 10.2. The Labute approximate surface area is 130 Å². The fourth-order valence-corrected chi connectivity index (χ4v) is 2.42. The third kappa shape index (κ3) is 6.82. The monoisotopic (exact) mass is 313 g/mol. The van der Waals surface area contributed by atoms with Crippen LogP contribution < -0.4 is 10.6 Å². The number of guanidine groups is 1. The lowest BCUT2D eigenvalue weighted by Crippen LogP contribution is -2.38. The van der Waals surface area contributed by atoms with E-state index >= 15 is 0 Å². The standard InChI is InChI=1S/C15H24FN3OS/c1-4-20-8-7-18-15(17-2)19-10-12-5-6-14(16)9-13(12)11-21-3/h5-6,9H,4,7-8,10-11H2,1-3H3,(H2,17,18,19). The van der Waals surface area contributed by atoms with Crippen molar-refractivity contribution in [3.63, 3.8) is 0 Å². The number of nitrogens with one attached hydrogen (secondary N) is 2. The van der Waals surface area contributed by atoms with Gasteiger partial charge in [-0.15, -0.1) is 0 Å². The summed E-state index contributed by atoms with van der Waals surface area (Å²) in [5.74, 6) is 1.32. The van der Waals surface area contributed by atoms with Gasteiger partial charge in [-0.2, -0.15) is 11.8 Å². The number of ether oxygens (including phenoxy) is 1. The van der Waals surface area contributed by atoms with Gasteiger partial charge in [-0.25, -0.2) is 4.39 Å². The van der Waals surface area contributed by atoms with Crippen LogP contribution in [0.25, 0.3) is 0 Å². The molecule has 0 spiro atoms. The SMILES string of the molecule is CCOCCNC(=NC)NCc1ccc(F)cc1CSC. The molecule has 6 heteroatoms. The number of halogens is 1. The highest BCUT2D eigenvalue weighted by Crippen LogP contribution is 2.16. The van der Waals surface area contributed by atoms with Gasteiger partial charge in [-0.05, 0) is 36.4 Å². The predicted molar refractivity (Wildman–Crippen MR) is 88.3 cm³/mol. The average molecular weight is 313 g/mol. The molecule has 0 saturated heterocycles. The second kappa shape index (κ2) is 10.5. The highest BCUT2D eigenvalue weighted by Gasteiger charge is 2.05. The predicted octanol–water partition coefficient (Wildman–Crippen LogP) is 2.39. The molecular weight excluding hydrogens is 289 g/mol. The van der Waals surface area contributed by atoms with Crippen LogP contribution in [0.15, 0.2) is 23.2 Å². The minimum absolute atomic E-state index is 0.193. The van der Waals surface area contributed by atoms with Crippen LogP contribution in [0.2, 0.25) is 0 Å². The van der Waals surface area contributed by atoms with Crippen molar-refractivity contribution in [2.24, 2.45) is 4.99 Å². The van der Waals surface area contributed by atoms with Crippen molar-refractivity contribution in [1.29, 1.82) is 0 Å². The molecule has 0 aliphatic rings. The lowest BCUT2D eigenvalue weighted by molar-refractivity contribution is 0.152. The Morgan fingerprint density at radius 1 is 1.33 bits per heavy atom. The fraction of sp³-hybridized carbons (Fsp3) is 0.533. The second-order valence-electron chi connectivity index (χ2n) is 4.40. The van der Waals surface area contributed by atoms with Gasteiger partial charge >= 0.3 is 0 Å². The summed E-state index contributed by atoms with van der Waals surface area (Å²) in [4.78, 5) is 4.15. The molecule has 0 radical (unpaired) electrons. The Balaban J connectivity index is 2.52. The van der Waals surface area contributed by atoms with Gasteiger partial charge in [-0.1, -0.05) is 6.07 Å². The van der Waals surface area contributed by atoms with E-state index in [0.29, 0.717) is 32.3 Å². The van der Waals surface area contributed by atoms with Gasteiger partial charge in [0.1, 0.15) is 5.82 Å². The number of benzene rings is 1. The molecular formula is C15H24FN3OS. The van der Waals surface area contributed by atoms with Gasteiger partial charge in [0.05, 0.1) is 6.61 Å². The fourth-order valence-electron chi connectivity index (χ4n) is 1.84.